The summed E-state index contributed by atoms with van der Waals surface area (Å²) in [5, 5.41) is 18.7. The summed E-state index contributed by atoms with van der Waals surface area (Å²) in [5.41, 5.74) is 2.00. The first-order chi connectivity index (χ1) is 10.2. The van der Waals surface area contributed by atoms with Crippen LogP contribution in [-0.4, -0.2) is 22.7 Å². The van der Waals surface area contributed by atoms with Gasteiger partial charge in [0, 0.05) is 6.54 Å². The molecule has 1 saturated heterocycles. The largest absolute Gasteiger partial charge is 0.391 e. The van der Waals surface area contributed by atoms with Gasteiger partial charge in [-0.05, 0) is 36.2 Å². The smallest absolute Gasteiger partial charge is 0.140 e. The molecule has 0 unspecified atom stereocenters. The summed E-state index contributed by atoms with van der Waals surface area (Å²) in [7, 11) is 0. The van der Waals surface area contributed by atoms with E-state index in [0.29, 0.717) is 18.7 Å². The number of anilines is 1. The lowest BCUT2D eigenvalue weighted by Gasteiger charge is -2.26. The number of hydrogen-bond acceptors (Lipinski definition) is 4. The zero-order valence-electron chi connectivity index (χ0n) is 11.3. The number of aliphatic hydroxyl groups is 1. The van der Waals surface area contributed by atoms with Gasteiger partial charge in [-0.3, -0.25) is 0 Å². The van der Waals surface area contributed by atoms with Gasteiger partial charge in [-0.1, -0.05) is 12.1 Å². The zero-order chi connectivity index (χ0) is 14.8. The molecular formula is C16H14FN3O. The molecule has 2 aromatic rings. The van der Waals surface area contributed by atoms with E-state index in [0.717, 1.165) is 11.3 Å². The molecule has 0 spiro atoms. The Morgan fingerprint density at radius 3 is 2.86 bits per heavy atom. The number of aromatic nitrogens is 1. The van der Waals surface area contributed by atoms with Crippen molar-refractivity contribution < 1.29 is 9.50 Å². The number of β-amino-alcohol motifs (C(OH)–C–C–N with tert-alkyl or cyclic N) is 1. The molecule has 21 heavy (non-hydrogen) atoms. The number of hydrogen-bond donors (Lipinski definition) is 1. The van der Waals surface area contributed by atoms with Crippen LogP contribution in [0.3, 0.4) is 0 Å². The van der Waals surface area contributed by atoms with Crippen LogP contribution in [-0.2, 0) is 0 Å². The molecule has 0 radical (unpaired) electrons. The number of aliphatic hydroxyl groups excluding tert-OH is 1. The van der Waals surface area contributed by atoms with Crippen LogP contribution in [0.5, 0.6) is 0 Å². The lowest BCUT2D eigenvalue weighted by Crippen LogP contribution is -2.24. The van der Waals surface area contributed by atoms with E-state index < -0.39 is 6.10 Å². The summed E-state index contributed by atoms with van der Waals surface area (Å²) < 4.78 is 13.4. The number of halogens is 1. The summed E-state index contributed by atoms with van der Waals surface area (Å²) in [6.45, 7) is 0.467. The van der Waals surface area contributed by atoms with Gasteiger partial charge in [0.15, 0.2) is 0 Å². The van der Waals surface area contributed by atoms with Crippen molar-refractivity contribution in [2.24, 2.45) is 0 Å². The third-order valence-electron chi connectivity index (χ3n) is 3.71. The fourth-order valence-electron chi connectivity index (χ4n) is 2.75. The van der Waals surface area contributed by atoms with Crippen LogP contribution < -0.4 is 4.90 Å². The second-order valence-corrected chi connectivity index (χ2v) is 5.13. The Morgan fingerprint density at radius 1 is 1.33 bits per heavy atom. The monoisotopic (exact) mass is 283 g/mol. The Bertz CT molecular complexity index is 681. The number of nitriles is 1. The fourth-order valence-corrected chi connectivity index (χ4v) is 2.75. The molecule has 2 heterocycles. The average Bonchev–Trinajstić information content (AvgIpc) is 2.89. The van der Waals surface area contributed by atoms with Crippen molar-refractivity contribution in [1.82, 2.24) is 4.98 Å². The third kappa shape index (κ3) is 2.71. The standard InChI is InChI=1S/C16H14FN3O/c17-12-3-1-2-11(6-12)16-7-15(21)10-20(16)14-5-4-13(8-18)19-9-14/h1-6,9,15-16,21H,7,10H2/t15-,16+/m1/s1. The van der Waals surface area contributed by atoms with Crippen LogP contribution in [0.25, 0.3) is 0 Å². The molecule has 0 aliphatic carbocycles. The molecule has 1 aromatic carbocycles. The van der Waals surface area contributed by atoms with Crippen LogP contribution in [0.2, 0.25) is 0 Å². The Morgan fingerprint density at radius 2 is 2.19 bits per heavy atom. The maximum Gasteiger partial charge on any atom is 0.140 e. The highest BCUT2D eigenvalue weighted by molar-refractivity contribution is 5.50. The van der Waals surface area contributed by atoms with E-state index in [-0.39, 0.29) is 11.9 Å². The van der Waals surface area contributed by atoms with Gasteiger partial charge in [0.2, 0.25) is 0 Å². The second kappa shape index (κ2) is 5.51. The van der Waals surface area contributed by atoms with Gasteiger partial charge in [0.25, 0.3) is 0 Å². The van der Waals surface area contributed by atoms with Gasteiger partial charge >= 0.3 is 0 Å². The summed E-state index contributed by atoms with van der Waals surface area (Å²) >= 11 is 0. The second-order valence-electron chi connectivity index (χ2n) is 5.13. The van der Waals surface area contributed by atoms with Crippen molar-refractivity contribution in [1.29, 1.82) is 5.26 Å². The predicted octanol–water partition coefficient (Wildman–Crippen LogP) is 2.40. The predicted molar refractivity (Wildman–Crippen MR) is 76.1 cm³/mol. The summed E-state index contributed by atoms with van der Waals surface area (Å²) in [5.74, 6) is -0.285. The molecular weight excluding hydrogens is 269 g/mol. The Hall–Kier alpha value is -2.45. The number of nitrogens with zero attached hydrogens (tertiary/aromatic N) is 3. The quantitative estimate of drug-likeness (QED) is 0.919. The van der Waals surface area contributed by atoms with Gasteiger partial charge in [-0.15, -0.1) is 0 Å². The molecule has 4 nitrogen and oxygen atoms in total. The van der Waals surface area contributed by atoms with E-state index in [4.69, 9.17) is 5.26 Å². The molecule has 1 aromatic heterocycles. The van der Waals surface area contributed by atoms with Crippen molar-refractivity contribution in [2.45, 2.75) is 18.6 Å². The van der Waals surface area contributed by atoms with Crippen molar-refractivity contribution in [2.75, 3.05) is 11.4 Å². The maximum absolute atomic E-state index is 13.4. The first-order valence-electron chi connectivity index (χ1n) is 6.73. The molecule has 3 rings (SSSR count). The number of rotatable bonds is 2. The van der Waals surface area contributed by atoms with Crippen molar-refractivity contribution in [3.63, 3.8) is 0 Å². The van der Waals surface area contributed by atoms with E-state index in [1.165, 1.54) is 12.1 Å². The fraction of sp³-hybridized carbons (Fsp3) is 0.250. The van der Waals surface area contributed by atoms with Crippen molar-refractivity contribution >= 4 is 5.69 Å². The van der Waals surface area contributed by atoms with Crippen molar-refractivity contribution in [3.8, 4) is 6.07 Å². The summed E-state index contributed by atoms with van der Waals surface area (Å²) in [4.78, 5) is 6.05. The van der Waals surface area contributed by atoms with E-state index in [1.54, 1.807) is 24.4 Å². The topological polar surface area (TPSA) is 60.2 Å². The third-order valence-corrected chi connectivity index (χ3v) is 3.71. The van der Waals surface area contributed by atoms with Crippen LogP contribution >= 0.6 is 0 Å². The Balaban J connectivity index is 1.93. The highest BCUT2D eigenvalue weighted by Crippen LogP contribution is 2.36. The maximum atomic E-state index is 13.4. The minimum atomic E-state index is -0.464. The van der Waals surface area contributed by atoms with Crippen LogP contribution in [0.1, 0.15) is 23.7 Å². The molecule has 1 fully saturated rings. The van der Waals surface area contributed by atoms with Gasteiger partial charge in [0.1, 0.15) is 17.6 Å². The molecule has 1 aliphatic heterocycles. The SMILES string of the molecule is N#Cc1ccc(N2C[C@H](O)C[C@H]2c2cccc(F)c2)cn1. The number of pyridine rings is 1. The number of benzene rings is 1. The highest BCUT2D eigenvalue weighted by atomic mass is 19.1. The van der Waals surface area contributed by atoms with E-state index in [9.17, 15) is 9.50 Å². The van der Waals surface area contributed by atoms with Crippen LogP contribution in [0.4, 0.5) is 10.1 Å². The Kier molecular flexibility index (Phi) is 3.55. The van der Waals surface area contributed by atoms with Gasteiger partial charge in [-0.2, -0.15) is 5.26 Å². The van der Waals surface area contributed by atoms with Gasteiger partial charge in [-0.25, -0.2) is 9.37 Å². The van der Waals surface area contributed by atoms with E-state index in [2.05, 4.69) is 4.98 Å². The minimum Gasteiger partial charge on any atom is -0.391 e. The molecule has 0 amide bonds. The van der Waals surface area contributed by atoms with Crippen molar-refractivity contribution in [3.05, 3.63) is 59.7 Å². The van der Waals surface area contributed by atoms with E-state index in [1.807, 2.05) is 17.0 Å². The zero-order valence-corrected chi connectivity index (χ0v) is 11.3. The summed E-state index contributed by atoms with van der Waals surface area (Å²) in [6, 6.07) is 11.8. The molecule has 2 atom stereocenters. The molecule has 1 aliphatic rings. The highest BCUT2D eigenvalue weighted by Gasteiger charge is 2.32. The molecule has 0 bridgehead atoms. The van der Waals surface area contributed by atoms with Gasteiger partial charge in [0.05, 0.1) is 24.0 Å². The lowest BCUT2D eigenvalue weighted by molar-refractivity contribution is 0.194. The molecule has 0 saturated carbocycles. The summed E-state index contributed by atoms with van der Waals surface area (Å²) in [6.07, 6.45) is 1.70. The first-order valence-corrected chi connectivity index (χ1v) is 6.73. The molecule has 5 heteroatoms. The van der Waals surface area contributed by atoms with Crippen LogP contribution in [0, 0.1) is 17.1 Å². The normalized spacial score (nSPS) is 21.3. The van der Waals surface area contributed by atoms with Gasteiger partial charge < -0.3 is 10.0 Å². The first kappa shape index (κ1) is 13.5. The molecule has 1 N–H and O–H groups in total. The average molecular weight is 283 g/mol. The molecule has 106 valence electrons. The van der Waals surface area contributed by atoms with E-state index >= 15 is 0 Å². The van der Waals surface area contributed by atoms with Crippen LogP contribution in [0.15, 0.2) is 42.6 Å². The Labute approximate surface area is 122 Å². The minimum absolute atomic E-state index is 0.0922. The lowest BCUT2D eigenvalue weighted by atomic mass is 10.0.